The van der Waals surface area contributed by atoms with Crippen molar-refractivity contribution < 1.29 is 4.74 Å². The lowest BCUT2D eigenvalue weighted by Gasteiger charge is -2.49. The van der Waals surface area contributed by atoms with E-state index in [9.17, 15) is 0 Å². The Bertz CT molecular complexity index is 279. The monoisotopic (exact) mass is 273 g/mol. The molecule has 0 amide bonds. The summed E-state index contributed by atoms with van der Waals surface area (Å²) < 4.78 is 5.11. The number of likely N-dealkylation sites (N-methyl/N-ethyl adjacent to an activating group) is 2. The number of methoxy groups -OCH3 is 1. The third kappa shape index (κ3) is 3.80. The maximum absolute atomic E-state index is 5.43. The molecule has 1 aliphatic rings. The number of rotatable bonds is 6. The third-order valence-corrected chi connectivity index (χ3v) is 4.33. The second kappa shape index (κ2) is 6.68. The summed E-state index contributed by atoms with van der Waals surface area (Å²) in [6.45, 7) is 3.74. The van der Waals surface area contributed by atoms with Gasteiger partial charge < -0.3 is 19.9 Å². The molecule has 0 saturated heterocycles. The molecule has 5 heteroatoms. The number of thiocarbonyl (C=S) groups is 1. The number of hydrogen-bond donors (Lipinski definition) is 1. The number of nitrogens with one attached hydrogen (secondary N) is 1. The zero-order chi connectivity index (χ0) is 13.8. The van der Waals surface area contributed by atoms with Gasteiger partial charge in [-0.1, -0.05) is 0 Å². The van der Waals surface area contributed by atoms with Crippen molar-refractivity contribution in [2.45, 2.75) is 37.8 Å². The normalized spacial score (nSPS) is 19.2. The van der Waals surface area contributed by atoms with Crippen molar-refractivity contribution >= 4 is 17.3 Å². The molecule has 0 aliphatic heterocycles. The van der Waals surface area contributed by atoms with E-state index in [0.717, 1.165) is 11.7 Å². The van der Waals surface area contributed by atoms with Gasteiger partial charge in [0.05, 0.1) is 6.61 Å². The molecule has 0 heterocycles. The molecule has 1 saturated carbocycles. The van der Waals surface area contributed by atoms with Crippen LogP contribution >= 0.6 is 12.2 Å². The highest BCUT2D eigenvalue weighted by molar-refractivity contribution is 7.80. The van der Waals surface area contributed by atoms with Crippen molar-refractivity contribution in [1.29, 1.82) is 0 Å². The van der Waals surface area contributed by atoms with Gasteiger partial charge in [0, 0.05) is 32.3 Å². The fourth-order valence-electron chi connectivity index (χ4n) is 2.46. The third-order valence-electron chi connectivity index (χ3n) is 3.90. The number of hydrogen-bond acceptors (Lipinski definition) is 3. The Morgan fingerprint density at radius 1 is 1.39 bits per heavy atom. The highest BCUT2D eigenvalue weighted by Gasteiger charge is 2.40. The van der Waals surface area contributed by atoms with Crippen LogP contribution in [-0.2, 0) is 4.74 Å². The van der Waals surface area contributed by atoms with E-state index in [4.69, 9.17) is 17.0 Å². The summed E-state index contributed by atoms with van der Waals surface area (Å²) in [5.74, 6) is 0. The summed E-state index contributed by atoms with van der Waals surface area (Å²) in [6.07, 6.45) is 3.85. The quantitative estimate of drug-likeness (QED) is 0.737. The van der Waals surface area contributed by atoms with Crippen LogP contribution in [0.5, 0.6) is 0 Å². The molecule has 1 aliphatic carbocycles. The lowest BCUT2D eigenvalue weighted by molar-refractivity contribution is 0.0426. The number of ether oxygens (including phenoxy) is 1. The van der Waals surface area contributed by atoms with Crippen molar-refractivity contribution in [3.63, 3.8) is 0 Å². The van der Waals surface area contributed by atoms with Crippen molar-refractivity contribution in [2.75, 3.05) is 41.4 Å². The Morgan fingerprint density at radius 3 is 2.39 bits per heavy atom. The molecule has 1 fully saturated rings. The van der Waals surface area contributed by atoms with Crippen LogP contribution in [0.4, 0.5) is 0 Å². The Balaban J connectivity index is 2.44. The van der Waals surface area contributed by atoms with Gasteiger partial charge in [0.1, 0.15) is 0 Å². The molecular weight excluding hydrogens is 246 g/mol. The highest BCUT2D eigenvalue weighted by Crippen LogP contribution is 2.36. The standard InChI is InChI=1S/C13H27N3OS/c1-11(9-17-5)14-12(18)16(4)10-13(15(2)3)7-6-8-13/h11H,6-10H2,1-5H3,(H,14,18). The largest absolute Gasteiger partial charge is 0.383 e. The average Bonchev–Trinajstić information content (AvgIpc) is 2.22. The predicted molar refractivity (Wildman–Crippen MR) is 80.0 cm³/mol. The average molecular weight is 273 g/mol. The molecule has 1 rings (SSSR count). The van der Waals surface area contributed by atoms with Gasteiger partial charge in [-0.05, 0) is 52.5 Å². The summed E-state index contributed by atoms with van der Waals surface area (Å²) in [4.78, 5) is 4.49. The summed E-state index contributed by atoms with van der Waals surface area (Å²) in [5.41, 5.74) is 0.311. The minimum atomic E-state index is 0.252. The van der Waals surface area contributed by atoms with Gasteiger partial charge in [-0.2, -0.15) is 0 Å². The van der Waals surface area contributed by atoms with Crippen molar-refractivity contribution in [2.24, 2.45) is 0 Å². The topological polar surface area (TPSA) is 27.7 Å². The van der Waals surface area contributed by atoms with E-state index in [1.54, 1.807) is 7.11 Å². The Labute approximate surface area is 117 Å². The van der Waals surface area contributed by atoms with Gasteiger partial charge in [0.25, 0.3) is 0 Å². The summed E-state index contributed by atoms with van der Waals surface area (Å²) in [7, 11) is 8.10. The van der Waals surface area contributed by atoms with Gasteiger partial charge in [0.15, 0.2) is 5.11 Å². The van der Waals surface area contributed by atoms with Crippen molar-refractivity contribution in [1.82, 2.24) is 15.1 Å². The molecule has 0 aromatic heterocycles. The first kappa shape index (κ1) is 15.7. The van der Waals surface area contributed by atoms with Crippen LogP contribution in [0, 0.1) is 0 Å². The van der Waals surface area contributed by atoms with Crippen molar-refractivity contribution in [3.05, 3.63) is 0 Å². The molecule has 1 unspecified atom stereocenters. The zero-order valence-electron chi connectivity index (χ0n) is 12.3. The van der Waals surface area contributed by atoms with Crippen LogP contribution in [0.25, 0.3) is 0 Å². The van der Waals surface area contributed by atoms with E-state index in [1.807, 2.05) is 0 Å². The predicted octanol–water partition coefficient (Wildman–Crippen LogP) is 1.31. The first-order chi connectivity index (χ1) is 8.41. The molecule has 0 aromatic carbocycles. The molecule has 1 N–H and O–H groups in total. The lowest BCUT2D eigenvalue weighted by atomic mass is 9.75. The summed E-state index contributed by atoms with van der Waals surface area (Å²) in [6, 6.07) is 0.252. The minimum Gasteiger partial charge on any atom is -0.383 e. The van der Waals surface area contributed by atoms with Gasteiger partial charge in [-0.3, -0.25) is 0 Å². The molecule has 1 atom stereocenters. The van der Waals surface area contributed by atoms with Crippen LogP contribution in [0.15, 0.2) is 0 Å². The van der Waals surface area contributed by atoms with Crippen LogP contribution in [0.2, 0.25) is 0 Å². The molecule has 106 valence electrons. The second-order valence-corrected chi connectivity index (χ2v) is 6.02. The van der Waals surface area contributed by atoms with Crippen LogP contribution in [0.1, 0.15) is 26.2 Å². The minimum absolute atomic E-state index is 0.252. The maximum atomic E-state index is 5.43. The van der Waals surface area contributed by atoms with E-state index in [0.29, 0.717) is 12.1 Å². The SMILES string of the molecule is COCC(C)NC(=S)N(C)CC1(N(C)C)CCC1. The Hall–Kier alpha value is -0.390. The molecule has 0 aromatic rings. The zero-order valence-corrected chi connectivity index (χ0v) is 13.1. The van der Waals surface area contributed by atoms with Crippen LogP contribution in [0.3, 0.4) is 0 Å². The van der Waals surface area contributed by atoms with Crippen LogP contribution < -0.4 is 5.32 Å². The fraction of sp³-hybridized carbons (Fsp3) is 0.923. The number of nitrogens with zero attached hydrogens (tertiary/aromatic N) is 2. The molecule has 0 spiro atoms. The first-order valence-electron chi connectivity index (χ1n) is 6.59. The first-order valence-corrected chi connectivity index (χ1v) is 7.00. The Kier molecular flexibility index (Phi) is 5.82. The molecule has 0 radical (unpaired) electrons. The summed E-state index contributed by atoms with van der Waals surface area (Å²) >= 11 is 5.43. The Morgan fingerprint density at radius 2 is 2.00 bits per heavy atom. The fourth-order valence-corrected chi connectivity index (χ4v) is 2.72. The van der Waals surface area contributed by atoms with Gasteiger partial charge in [-0.15, -0.1) is 0 Å². The van der Waals surface area contributed by atoms with E-state index in [2.05, 4.69) is 43.2 Å². The highest BCUT2D eigenvalue weighted by atomic mass is 32.1. The van der Waals surface area contributed by atoms with Gasteiger partial charge >= 0.3 is 0 Å². The summed E-state index contributed by atoms with van der Waals surface area (Å²) in [5, 5.41) is 4.12. The molecule has 4 nitrogen and oxygen atoms in total. The second-order valence-electron chi connectivity index (χ2n) is 5.63. The molecule has 18 heavy (non-hydrogen) atoms. The smallest absolute Gasteiger partial charge is 0.169 e. The molecular formula is C13H27N3OS. The van der Waals surface area contributed by atoms with E-state index in [-0.39, 0.29) is 6.04 Å². The molecule has 0 bridgehead atoms. The van der Waals surface area contributed by atoms with Gasteiger partial charge in [-0.25, -0.2) is 0 Å². The van der Waals surface area contributed by atoms with E-state index >= 15 is 0 Å². The lowest BCUT2D eigenvalue weighted by Crippen LogP contribution is -2.59. The van der Waals surface area contributed by atoms with Gasteiger partial charge in [0.2, 0.25) is 0 Å². The van der Waals surface area contributed by atoms with Crippen molar-refractivity contribution in [3.8, 4) is 0 Å². The van der Waals surface area contributed by atoms with E-state index in [1.165, 1.54) is 19.3 Å². The van der Waals surface area contributed by atoms with Crippen LogP contribution in [-0.4, -0.2) is 67.9 Å². The van der Waals surface area contributed by atoms with E-state index < -0.39 is 0 Å². The maximum Gasteiger partial charge on any atom is 0.169 e.